The molecule has 0 saturated heterocycles. The molecule has 1 N–H and O–H groups in total. The molecule has 2 heterocycles. The van der Waals surface area contributed by atoms with Crippen molar-refractivity contribution in [2.75, 3.05) is 13.6 Å². The number of amides is 3. The van der Waals surface area contributed by atoms with Crippen LogP contribution >= 0.6 is 0 Å². The first-order valence-electron chi connectivity index (χ1n) is 7.78. The Morgan fingerprint density at radius 1 is 1.35 bits per heavy atom. The first kappa shape index (κ1) is 15.5. The minimum absolute atomic E-state index is 0.0675. The van der Waals surface area contributed by atoms with E-state index in [0.717, 1.165) is 6.42 Å². The molecule has 2 aliphatic rings. The highest BCUT2D eigenvalue weighted by molar-refractivity contribution is 6.01. The van der Waals surface area contributed by atoms with Crippen molar-refractivity contribution in [3.8, 4) is 0 Å². The molecule has 5 nitrogen and oxygen atoms in total. The van der Waals surface area contributed by atoms with Crippen LogP contribution in [0.1, 0.15) is 31.9 Å². The molecule has 1 aromatic rings. The maximum absolute atomic E-state index is 14.2. The highest BCUT2D eigenvalue weighted by atomic mass is 19.1. The van der Waals surface area contributed by atoms with E-state index in [0.29, 0.717) is 23.4 Å². The van der Waals surface area contributed by atoms with Crippen LogP contribution in [0.25, 0.3) is 0 Å². The smallest absolute Gasteiger partial charge is 0.322 e. The molecule has 0 saturated carbocycles. The fraction of sp³-hybridized carbons (Fsp3) is 0.412. The van der Waals surface area contributed by atoms with Crippen LogP contribution in [0.4, 0.5) is 9.18 Å². The molecular formula is C17H20FN3O2. The van der Waals surface area contributed by atoms with Gasteiger partial charge in [0.05, 0.1) is 23.9 Å². The van der Waals surface area contributed by atoms with Gasteiger partial charge in [-0.15, -0.1) is 0 Å². The molecule has 2 atom stereocenters. The van der Waals surface area contributed by atoms with Crippen LogP contribution < -0.4 is 5.32 Å². The number of likely N-dealkylation sites (N-methyl/N-ethyl adjacent to an activating group) is 1. The lowest BCUT2D eigenvalue weighted by Crippen LogP contribution is -2.45. The van der Waals surface area contributed by atoms with Crippen molar-refractivity contribution in [3.05, 3.63) is 46.9 Å². The zero-order chi connectivity index (χ0) is 16.7. The Labute approximate surface area is 134 Å². The van der Waals surface area contributed by atoms with Gasteiger partial charge in [0.25, 0.3) is 5.91 Å². The van der Waals surface area contributed by atoms with Crippen molar-refractivity contribution in [1.82, 2.24) is 15.1 Å². The molecule has 0 bridgehead atoms. The van der Waals surface area contributed by atoms with Crippen molar-refractivity contribution in [1.29, 1.82) is 0 Å². The molecule has 122 valence electrons. The molecule has 2 aliphatic heterocycles. The first-order valence-corrected chi connectivity index (χ1v) is 7.78. The molecular weight excluding hydrogens is 297 g/mol. The minimum Gasteiger partial charge on any atom is -0.330 e. The van der Waals surface area contributed by atoms with Crippen LogP contribution in [0.5, 0.6) is 0 Å². The fourth-order valence-corrected chi connectivity index (χ4v) is 3.11. The van der Waals surface area contributed by atoms with E-state index in [9.17, 15) is 14.0 Å². The number of halogens is 1. The molecule has 0 aromatic heterocycles. The quantitative estimate of drug-likeness (QED) is 0.931. The summed E-state index contributed by atoms with van der Waals surface area (Å²) in [4.78, 5) is 28.3. The Morgan fingerprint density at radius 3 is 2.70 bits per heavy atom. The summed E-state index contributed by atoms with van der Waals surface area (Å²) in [6.07, 6.45) is 0.821. The van der Waals surface area contributed by atoms with Crippen molar-refractivity contribution >= 4 is 11.9 Å². The van der Waals surface area contributed by atoms with E-state index >= 15 is 0 Å². The van der Waals surface area contributed by atoms with Gasteiger partial charge in [0.15, 0.2) is 0 Å². The van der Waals surface area contributed by atoms with E-state index < -0.39 is 11.9 Å². The normalized spacial score (nSPS) is 22.3. The highest BCUT2D eigenvalue weighted by Crippen LogP contribution is 2.37. The molecule has 0 unspecified atom stereocenters. The number of hydrogen-bond acceptors (Lipinski definition) is 2. The second-order valence-electron chi connectivity index (χ2n) is 6.01. The van der Waals surface area contributed by atoms with E-state index in [4.69, 9.17) is 0 Å². The van der Waals surface area contributed by atoms with Crippen molar-refractivity contribution in [2.45, 2.75) is 32.4 Å². The van der Waals surface area contributed by atoms with E-state index in [2.05, 4.69) is 5.32 Å². The standard InChI is InChI=1S/C17H20FN3O2/c1-4-10(2)21-9-13-14(16(21)22)15(19-17(23)20(13)3)11-7-5-6-8-12(11)18/h5-8,10,15H,4,9H2,1-3H3,(H,19,23)/t10-,15+/m1/s1. The van der Waals surface area contributed by atoms with Crippen molar-refractivity contribution < 1.29 is 14.0 Å². The van der Waals surface area contributed by atoms with Gasteiger partial charge in [0.2, 0.25) is 0 Å². The Hall–Kier alpha value is -2.37. The number of urea groups is 1. The SMILES string of the molecule is CC[C@@H](C)N1CC2=C(C1=O)[C@H](c1ccccc1F)NC(=O)N2C. The average molecular weight is 317 g/mol. The highest BCUT2D eigenvalue weighted by Gasteiger charge is 2.44. The zero-order valence-corrected chi connectivity index (χ0v) is 13.5. The maximum Gasteiger partial charge on any atom is 0.322 e. The van der Waals surface area contributed by atoms with Gasteiger partial charge in [-0.05, 0) is 19.4 Å². The maximum atomic E-state index is 14.2. The molecule has 6 heteroatoms. The summed E-state index contributed by atoms with van der Waals surface area (Å²) < 4.78 is 14.2. The number of nitrogens with one attached hydrogen (secondary N) is 1. The number of rotatable bonds is 3. The molecule has 0 spiro atoms. The number of carbonyl (C=O) groups is 2. The van der Waals surface area contributed by atoms with Gasteiger partial charge in [-0.3, -0.25) is 9.69 Å². The van der Waals surface area contributed by atoms with E-state index in [-0.39, 0.29) is 18.0 Å². The largest absolute Gasteiger partial charge is 0.330 e. The van der Waals surface area contributed by atoms with Crippen LogP contribution in [0, 0.1) is 5.82 Å². The van der Waals surface area contributed by atoms with Crippen LogP contribution in [0.3, 0.4) is 0 Å². The van der Waals surface area contributed by atoms with E-state index in [1.807, 2.05) is 13.8 Å². The number of carbonyl (C=O) groups excluding carboxylic acids is 2. The van der Waals surface area contributed by atoms with Gasteiger partial charge in [0, 0.05) is 18.7 Å². The van der Waals surface area contributed by atoms with Gasteiger partial charge >= 0.3 is 6.03 Å². The third kappa shape index (κ3) is 2.38. The summed E-state index contributed by atoms with van der Waals surface area (Å²) in [6, 6.07) is 5.24. The summed E-state index contributed by atoms with van der Waals surface area (Å²) in [6.45, 7) is 4.37. The molecule has 23 heavy (non-hydrogen) atoms. The lowest BCUT2D eigenvalue weighted by atomic mass is 9.95. The minimum atomic E-state index is -0.739. The van der Waals surface area contributed by atoms with Crippen LogP contribution in [-0.4, -0.2) is 41.4 Å². The summed E-state index contributed by atoms with van der Waals surface area (Å²) >= 11 is 0. The zero-order valence-electron chi connectivity index (χ0n) is 13.5. The van der Waals surface area contributed by atoms with Crippen LogP contribution in [0.15, 0.2) is 35.5 Å². The topological polar surface area (TPSA) is 52.7 Å². The van der Waals surface area contributed by atoms with E-state index in [1.165, 1.54) is 11.0 Å². The molecule has 1 aromatic carbocycles. The summed E-state index contributed by atoms with van der Waals surface area (Å²) in [5, 5.41) is 2.74. The monoisotopic (exact) mass is 317 g/mol. The Morgan fingerprint density at radius 2 is 2.04 bits per heavy atom. The number of hydrogen-bond donors (Lipinski definition) is 1. The molecule has 3 rings (SSSR count). The Bertz CT molecular complexity index is 701. The lowest BCUT2D eigenvalue weighted by molar-refractivity contribution is -0.127. The summed E-state index contributed by atoms with van der Waals surface area (Å²) in [5.74, 6) is -0.557. The molecule has 0 fully saturated rings. The predicted molar refractivity (Wildman–Crippen MR) is 83.9 cm³/mol. The third-order valence-corrected chi connectivity index (χ3v) is 4.73. The van der Waals surface area contributed by atoms with Crippen molar-refractivity contribution in [3.63, 3.8) is 0 Å². The fourth-order valence-electron chi connectivity index (χ4n) is 3.11. The number of nitrogens with zero attached hydrogens (tertiary/aromatic N) is 2. The van der Waals surface area contributed by atoms with E-state index in [1.54, 1.807) is 30.1 Å². The van der Waals surface area contributed by atoms with Gasteiger partial charge < -0.3 is 10.2 Å². The molecule has 0 aliphatic carbocycles. The second kappa shape index (κ2) is 5.68. The summed E-state index contributed by atoms with van der Waals surface area (Å²) in [7, 11) is 1.63. The Kier molecular flexibility index (Phi) is 3.83. The first-order chi connectivity index (χ1) is 11.0. The molecule has 0 radical (unpaired) electrons. The molecule has 3 amide bonds. The van der Waals surface area contributed by atoms with Crippen molar-refractivity contribution in [2.24, 2.45) is 0 Å². The average Bonchev–Trinajstić information content (AvgIpc) is 2.89. The number of benzene rings is 1. The van der Waals surface area contributed by atoms with Gasteiger partial charge in [-0.1, -0.05) is 25.1 Å². The third-order valence-electron chi connectivity index (χ3n) is 4.73. The van der Waals surface area contributed by atoms with Crippen LogP contribution in [-0.2, 0) is 4.79 Å². The van der Waals surface area contributed by atoms with Gasteiger partial charge in [0.1, 0.15) is 5.82 Å². The lowest BCUT2D eigenvalue weighted by Gasteiger charge is -2.31. The summed E-state index contributed by atoms with van der Waals surface area (Å²) in [5.41, 5.74) is 1.45. The Balaban J connectivity index is 2.07. The van der Waals surface area contributed by atoms with Crippen LogP contribution in [0.2, 0.25) is 0 Å². The predicted octanol–water partition coefficient (Wildman–Crippen LogP) is 2.42. The van der Waals surface area contributed by atoms with Gasteiger partial charge in [-0.25, -0.2) is 9.18 Å². The van der Waals surface area contributed by atoms with Gasteiger partial charge in [-0.2, -0.15) is 0 Å². The second-order valence-corrected chi connectivity index (χ2v) is 6.01.